The molecule has 30 heavy (non-hydrogen) atoms. The van der Waals surface area contributed by atoms with E-state index in [0.29, 0.717) is 18.2 Å². The number of rotatable bonds is 9. The first-order chi connectivity index (χ1) is 14.7. The van der Waals surface area contributed by atoms with Gasteiger partial charge in [0.15, 0.2) is 11.6 Å². The molecule has 2 aromatic rings. The van der Waals surface area contributed by atoms with E-state index in [4.69, 9.17) is 28.9 Å². The quantitative estimate of drug-likeness (QED) is 0.444. The van der Waals surface area contributed by atoms with Gasteiger partial charge in [0.05, 0.1) is 45.1 Å². The van der Waals surface area contributed by atoms with Gasteiger partial charge >= 0.3 is 0 Å². The van der Waals surface area contributed by atoms with Gasteiger partial charge < -0.3 is 18.9 Å². The minimum atomic E-state index is 0.544. The summed E-state index contributed by atoms with van der Waals surface area (Å²) in [6.07, 6.45) is 14.1. The molecule has 0 atom stereocenters. The topological polar surface area (TPSA) is 62.7 Å². The third kappa shape index (κ3) is 5.50. The number of nitrogens with zero attached hydrogens (tertiary/aromatic N) is 2. The van der Waals surface area contributed by atoms with Crippen LogP contribution in [0.2, 0.25) is 0 Å². The zero-order chi connectivity index (χ0) is 21.2. The van der Waals surface area contributed by atoms with Crippen LogP contribution in [0.5, 0.6) is 0 Å². The Morgan fingerprint density at radius 3 is 2.70 bits per heavy atom. The molecule has 156 valence electrons. The summed E-state index contributed by atoms with van der Waals surface area (Å²) >= 11 is 0. The van der Waals surface area contributed by atoms with Crippen LogP contribution >= 0.6 is 0 Å². The fraction of sp³-hybridized carbons (Fsp3) is 0.250. The van der Waals surface area contributed by atoms with Crippen molar-refractivity contribution in [2.45, 2.75) is 12.8 Å². The van der Waals surface area contributed by atoms with E-state index in [-0.39, 0.29) is 0 Å². The number of fused-ring (bicyclic) bond motifs is 1. The Morgan fingerprint density at radius 2 is 1.97 bits per heavy atom. The Kier molecular flexibility index (Phi) is 7.66. The number of hydrogen-bond acceptors (Lipinski definition) is 6. The molecule has 1 aromatic carbocycles. The van der Waals surface area contributed by atoms with E-state index in [1.54, 1.807) is 39.9 Å². The van der Waals surface area contributed by atoms with Crippen molar-refractivity contribution in [3.63, 3.8) is 0 Å². The zero-order valence-corrected chi connectivity index (χ0v) is 17.5. The first-order valence-electron chi connectivity index (χ1n) is 9.65. The van der Waals surface area contributed by atoms with Crippen LogP contribution in [-0.2, 0) is 25.4 Å². The third-order valence-corrected chi connectivity index (χ3v) is 4.55. The van der Waals surface area contributed by atoms with Gasteiger partial charge in [-0.2, -0.15) is 0 Å². The number of benzene rings is 1. The first kappa shape index (κ1) is 21.2. The van der Waals surface area contributed by atoms with E-state index in [9.17, 15) is 0 Å². The molecule has 0 bridgehead atoms. The second-order valence-electron chi connectivity index (χ2n) is 6.57. The molecule has 0 saturated carbocycles. The lowest BCUT2D eigenvalue weighted by molar-refractivity contribution is 0.261. The van der Waals surface area contributed by atoms with E-state index < -0.39 is 0 Å². The maximum atomic E-state index is 5.40. The number of hydrogen-bond donors (Lipinski definition) is 0. The first-order valence-corrected chi connectivity index (χ1v) is 9.65. The van der Waals surface area contributed by atoms with Crippen LogP contribution in [0.4, 0.5) is 0 Å². The highest BCUT2D eigenvalue weighted by Gasteiger charge is 2.12. The van der Waals surface area contributed by atoms with Gasteiger partial charge in [-0.15, -0.1) is 0 Å². The van der Waals surface area contributed by atoms with E-state index in [1.165, 1.54) is 11.8 Å². The molecule has 0 unspecified atom stereocenters. The average Bonchev–Trinajstić information content (AvgIpc) is 2.80. The van der Waals surface area contributed by atoms with Gasteiger partial charge in [0.2, 0.25) is 0 Å². The monoisotopic (exact) mass is 406 g/mol. The van der Waals surface area contributed by atoms with Gasteiger partial charge in [0.25, 0.3) is 0 Å². The second-order valence-corrected chi connectivity index (χ2v) is 6.57. The third-order valence-electron chi connectivity index (χ3n) is 4.55. The Bertz CT molecular complexity index is 1020. The van der Waals surface area contributed by atoms with Crippen molar-refractivity contribution in [2.75, 3.05) is 27.9 Å². The normalized spacial score (nSPS) is 14.6. The summed E-state index contributed by atoms with van der Waals surface area (Å²) in [6.45, 7) is 0.618. The van der Waals surface area contributed by atoms with Crippen molar-refractivity contribution in [3.05, 3.63) is 90.2 Å². The standard InChI is InChI=1S/C24H26N2O4/c1-27-14-12-19(15-20(29-3)17-28-2)24-25-22-9-5-4-8-21(22)23(26-24)11-10-18-7-6-13-30-16-18/h4-9,12-15,17H,10-11,16H2,1-3H3/b14-12+,19-15+,20-17-. The van der Waals surface area contributed by atoms with Crippen LogP contribution in [0.15, 0.2) is 78.7 Å². The van der Waals surface area contributed by atoms with Crippen molar-refractivity contribution in [1.82, 2.24) is 9.97 Å². The molecule has 0 saturated heterocycles. The molecule has 6 nitrogen and oxygen atoms in total. The number of para-hydroxylation sites is 1. The summed E-state index contributed by atoms with van der Waals surface area (Å²) < 4.78 is 21.0. The molecule has 0 spiro atoms. The van der Waals surface area contributed by atoms with Gasteiger partial charge in [0.1, 0.15) is 12.9 Å². The molecule has 2 heterocycles. The Labute approximate surface area is 176 Å². The van der Waals surface area contributed by atoms with Crippen LogP contribution in [0.1, 0.15) is 17.9 Å². The number of allylic oxidation sites excluding steroid dienone is 5. The molecule has 1 aliphatic heterocycles. The fourth-order valence-corrected chi connectivity index (χ4v) is 3.07. The van der Waals surface area contributed by atoms with Gasteiger partial charge in [0, 0.05) is 11.0 Å². The summed E-state index contributed by atoms with van der Waals surface area (Å²) in [5.41, 5.74) is 3.86. The molecule has 1 aromatic heterocycles. The van der Waals surface area contributed by atoms with Crippen LogP contribution < -0.4 is 0 Å². The lowest BCUT2D eigenvalue weighted by Gasteiger charge is -2.12. The molecular weight excluding hydrogens is 380 g/mol. The Morgan fingerprint density at radius 1 is 1.10 bits per heavy atom. The molecule has 0 amide bonds. The van der Waals surface area contributed by atoms with Crippen LogP contribution in [0.25, 0.3) is 16.5 Å². The average molecular weight is 406 g/mol. The summed E-state index contributed by atoms with van der Waals surface area (Å²) in [7, 11) is 4.75. The predicted molar refractivity (Wildman–Crippen MR) is 117 cm³/mol. The molecule has 1 aliphatic rings. The number of aryl methyl sites for hydroxylation is 1. The largest absolute Gasteiger partial charge is 0.504 e. The molecule has 0 radical (unpaired) electrons. The smallest absolute Gasteiger partial charge is 0.160 e. The Hall–Kier alpha value is -3.54. The van der Waals surface area contributed by atoms with Crippen LogP contribution in [0.3, 0.4) is 0 Å². The van der Waals surface area contributed by atoms with Crippen molar-refractivity contribution >= 4 is 16.5 Å². The van der Waals surface area contributed by atoms with E-state index in [1.807, 2.05) is 30.4 Å². The maximum Gasteiger partial charge on any atom is 0.160 e. The van der Waals surface area contributed by atoms with E-state index in [2.05, 4.69) is 12.1 Å². The lowest BCUT2D eigenvalue weighted by Crippen LogP contribution is -2.04. The maximum absolute atomic E-state index is 5.40. The van der Waals surface area contributed by atoms with Gasteiger partial charge in [-0.1, -0.05) is 24.3 Å². The molecular formula is C24H26N2O4. The summed E-state index contributed by atoms with van der Waals surface area (Å²) in [4.78, 5) is 9.66. The Balaban J connectivity index is 2.03. The van der Waals surface area contributed by atoms with E-state index in [0.717, 1.165) is 35.0 Å². The lowest BCUT2D eigenvalue weighted by atomic mass is 10.0. The predicted octanol–water partition coefficient (Wildman–Crippen LogP) is 4.71. The molecule has 0 aliphatic carbocycles. The number of aromatic nitrogens is 2. The zero-order valence-electron chi connectivity index (χ0n) is 17.5. The molecule has 0 N–H and O–H groups in total. The number of ether oxygens (including phenoxy) is 4. The van der Waals surface area contributed by atoms with Crippen LogP contribution in [-0.4, -0.2) is 37.9 Å². The van der Waals surface area contributed by atoms with Crippen molar-refractivity contribution < 1.29 is 18.9 Å². The van der Waals surface area contributed by atoms with Crippen molar-refractivity contribution in [2.24, 2.45) is 0 Å². The van der Waals surface area contributed by atoms with Gasteiger partial charge in [-0.3, -0.25) is 0 Å². The molecule has 6 heteroatoms. The van der Waals surface area contributed by atoms with Gasteiger partial charge in [-0.25, -0.2) is 9.97 Å². The minimum absolute atomic E-state index is 0.544. The summed E-state index contributed by atoms with van der Waals surface area (Å²) in [5.74, 6) is 1.13. The summed E-state index contributed by atoms with van der Waals surface area (Å²) in [6, 6.07) is 8.03. The van der Waals surface area contributed by atoms with E-state index >= 15 is 0 Å². The molecule has 0 fully saturated rings. The minimum Gasteiger partial charge on any atom is -0.504 e. The van der Waals surface area contributed by atoms with Gasteiger partial charge in [-0.05, 0) is 42.7 Å². The fourth-order valence-electron chi connectivity index (χ4n) is 3.07. The highest BCUT2D eigenvalue weighted by molar-refractivity contribution is 5.83. The summed E-state index contributed by atoms with van der Waals surface area (Å²) in [5, 5.41) is 1.04. The van der Waals surface area contributed by atoms with Crippen molar-refractivity contribution in [3.8, 4) is 0 Å². The highest BCUT2D eigenvalue weighted by Crippen LogP contribution is 2.23. The van der Waals surface area contributed by atoms with Crippen molar-refractivity contribution in [1.29, 1.82) is 0 Å². The second kappa shape index (κ2) is 10.9. The molecule has 3 rings (SSSR count). The number of methoxy groups -OCH3 is 3. The SMILES string of the molecule is CO/C=C(/C=C(\C=C\OC)c1nc(CCC2=CC=COC2)c2ccccc2n1)OC. The van der Waals surface area contributed by atoms with Crippen LogP contribution in [0, 0.1) is 0 Å². The highest BCUT2D eigenvalue weighted by atomic mass is 16.5.